The molecule has 32 heavy (non-hydrogen) atoms. The van der Waals surface area contributed by atoms with E-state index >= 15 is 0 Å². The van der Waals surface area contributed by atoms with Gasteiger partial charge < -0.3 is 14.6 Å². The van der Waals surface area contributed by atoms with E-state index in [0.29, 0.717) is 41.9 Å². The summed E-state index contributed by atoms with van der Waals surface area (Å²) in [5.74, 6) is 0.478. The molecule has 0 aliphatic carbocycles. The van der Waals surface area contributed by atoms with Gasteiger partial charge in [-0.25, -0.2) is 12.8 Å². The van der Waals surface area contributed by atoms with Gasteiger partial charge in [-0.05, 0) is 37.6 Å². The van der Waals surface area contributed by atoms with Gasteiger partial charge in [-0.1, -0.05) is 18.2 Å². The molecule has 0 aromatic heterocycles. The topological polar surface area (TPSA) is 93.1 Å². The Balaban J connectivity index is 1.69. The molecule has 2 aromatic carbocycles. The van der Waals surface area contributed by atoms with E-state index in [1.807, 2.05) is 6.92 Å². The van der Waals surface area contributed by atoms with E-state index < -0.39 is 15.9 Å². The highest BCUT2D eigenvalue weighted by molar-refractivity contribution is 7.91. The van der Waals surface area contributed by atoms with Crippen molar-refractivity contribution in [3.63, 3.8) is 0 Å². The highest BCUT2D eigenvalue weighted by atomic mass is 32.2. The van der Waals surface area contributed by atoms with Crippen molar-refractivity contribution in [2.45, 2.75) is 32.0 Å². The molecule has 0 amide bonds. The minimum Gasteiger partial charge on any atom is -0.490 e. The molecule has 1 saturated heterocycles. The zero-order chi connectivity index (χ0) is 23.1. The van der Waals surface area contributed by atoms with Gasteiger partial charge in [0.1, 0.15) is 24.8 Å². The SMILES string of the molecule is CCOc1cc(C=O)ccc1OCC(O)CN(Cc1ccccc1F)C1CCS(=O)(=O)C1. The predicted octanol–water partition coefficient (Wildman–Crippen LogP) is 2.47. The van der Waals surface area contributed by atoms with Crippen LogP contribution in [0.3, 0.4) is 0 Å². The van der Waals surface area contributed by atoms with E-state index in [1.54, 1.807) is 41.3 Å². The number of hydrogen-bond acceptors (Lipinski definition) is 7. The first-order chi connectivity index (χ1) is 15.3. The first-order valence-electron chi connectivity index (χ1n) is 10.5. The van der Waals surface area contributed by atoms with E-state index in [2.05, 4.69) is 0 Å². The quantitative estimate of drug-likeness (QED) is 0.510. The number of nitrogens with zero attached hydrogens (tertiary/aromatic N) is 1. The Morgan fingerprint density at radius 3 is 2.66 bits per heavy atom. The van der Waals surface area contributed by atoms with Crippen molar-refractivity contribution in [3.05, 3.63) is 59.4 Å². The average Bonchev–Trinajstić information content (AvgIpc) is 3.13. The van der Waals surface area contributed by atoms with Gasteiger partial charge in [0.15, 0.2) is 21.3 Å². The molecule has 0 radical (unpaired) electrons. The summed E-state index contributed by atoms with van der Waals surface area (Å²) in [4.78, 5) is 12.8. The minimum absolute atomic E-state index is 0.0172. The number of carbonyl (C=O) groups excluding carboxylic acids is 1. The molecule has 174 valence electrons. The number of sulfone groups is 1. The Bertz CT molecular complexity index is 1030. The maximum atomic E-state index is 14.2. The molecule has 0 spiro atoms. The Morgan fingerprint density at radius 2 is 2.00 bits per heavy atom. The molecule has 1 heterocycles. The van der Waals surface area contributed by atoms with Crippen LogP contribution in [0.25, 0.3) is 0 Å². The van der Waals surface area contributed by atoms with Crippen LogP contribution in [0.1, 0.15) is 29.3 Å². The molecule has 2 aromatic rings. The fourth-order valence-corrected chi connectivity index (χ4v) is 5.51. The highest BCUT2D eigenvalue weighted by Gasteiger charge is 2.33. The van der Waals surface area contributed by atoms with Crippen molar-refractivity contribution in [2.24, 2.45) is 0 Å². The molecular weight excluding hydrogens is 437 g/mol. The van der Waals surface area contributed by atoms with Gasteiger partial charge >= 0.3 is 0 Å². The first-order valence-corrected chi connectivity index (χ1v) is 12.3. The van der Waals surface area contributed by atoms with E-state index in [4.69, 9.17) is 9.47 Å². The number of aliphatic hydroxyl groups excluding tert-OH is 1. The van der Waals surface area contributed by atoms with Crippen LogP contribution in [-0.4, -0.2) is 68.1 Å². The Morgan fingerprint density at radius 1 is 1.22 bits per heavy atom. The number of halogens is 1. The van der Waals surface area contributed by atoms with Crippen LogP contribution >= 0.6 is 0 Å². The molecule has 0 saturated carbocycles. The summed E-state index contributed by atoms with van der Waals surface area (Å²) in [6.07, 6.45) is 0.189. The zero-order valence-electron chi connectivity index (χ0n) is 17.9. The number of rotatable bonds is 11. The summed E-state index contributed by atoms with van der Waals surface area (Å²) in [6.45, 7) is 2.41. The third-order valence-corrected chi connectivity index (χ3v) is 7.09. The van der Waals surface area contributed by atoms with E-state index in [0.717, 1.165) is 0 Å². The zero-order valence-corrected chi connectivity index (χ0v) is 18.8. The monoisotopic (exact) mass is 465 g/mol. The lowest BCUT2D eigenvalue weighted by atomic mass is 10.1. The Labute approximate surface area is 187 Å². The van der Waals surface area contributed by atoms with Gasteiger partial charge in [-0.2, -0.15) is 0 Å². The van der Waals surface area contributed by atoms with Gasteiger partial charge in [0.05, 0.1) is 18.1 Å². The lowest BCUT2D eigenvalue weighted by molar-refractivity contribution is 0.0511. The Kier molecular flexibility index (Phi) is 8.22. The fraction of sp³-hybridized carbons (Fsp3) is 0.435. The van der Waals surface area contributed by atoms with E-state index in [9.17, 15) is 22.7 Å². The summed E-state index contributed by atoms with van der Waals surface area (Å²) in [6, 6.07) is 10.8. The molecular formula is C23H28FNO6S. The van der Waals surface area contributed by atoms with Gasteiger partial charge in [-0.3, -0.25) is 9.69 Å². The molecule has 1 fully saturated rings. The standard InChI is InChI=1S/C23H28FNO6S/c1-2-30-23-11-17(14-26)7-8-22(23)31-15-20(27)13-25(19-9-10-32(28,29)16-19)12-18-5-3-4-6-21(18)24/h3-8,11,14,19-20,27H,2,9-10,12-13,15-16H2,1H3. The third kappa shape index (κ3) is 6.51. The number of aliphatic hydroxyl groups is 1. The number of hydrogen-bond donors (Lipinski definition) is 1. The van der Waals surface area contributed by atoms with Crippen LogP contribution in [-0.2, 0) is 16.4 Å². The number of aldehydes is 1. The largest absolute Gasteiger partial charge is 0.490 e. The Hall–Kier alpha value is -2.49. The highest BCUT2D eigenvalue weighted by Crippen LogP contribution is 2.28. The summed E-state index contributed by atoms with van der Waals surface area (Å²) >= 11 is 0. The van der Waals surface area contributed by atoms with Gasteiger partial charge in [0.25, 0.3) is 0 Å². The summed E-state index contributed by atoms with van der Waals surface area (Å²) in [7, 11) is -3.15. The normalized spacial score (nSPS) is 18.4. The molecule has 1 aliphatic rings. The molecule has 2 unspecified atom stereocenters. The van der Waals surface area contributed by atoms with Crippen molar-refractivity contribution in [2.75, 3.05) is 31.3 Å². The lowest BCUT2D eigenvalue weighted by Crippen LogP contribution is -2.42. The smallest absolute Gasteiger partial charge is 0.161 e. The summed E-state index contributed by atoms with van der Waals surface area (Å²) < 4.78 is 49.4. The molecule has 3 rings (SSSR count). The van der Waals surface area contributed by atoms with Crippen LogP contribution in [0.2, 0.25) is 0 Å². The molecule has 2 atom stereocenters. The van der Waals surface area contributed by atoms with Gasteiger partial charge in [-0.15, -0.1) is 0 Å². The van der Waals surface area contributed by atoms with E-state index in [1.165, 1.54) is 6.07 Å². The van der Waals surface area contributed by atoms with Crippen LogP contribution in [0, 0.1) is 5.82 Å². The van der Waals surface area contributed by atoms with Crippen molar-refractivity contribution in [1.29, 1.82) is 0 Å². The second-order valence-electron chi connectivity index (χ2n) is 7.80. The van der Waals surface area contributed by atoms with Crippen molar-refractivity contribution < 1.29 is 32.2 Å². The number of carbonyl (C=O) groups is 1. The number of ether oxygens (including phenoxy) is 2. The van der Waals surface area contributed by atoms with Crippen LogP contribution in [0.5, 0.6) is 11.5 Å². The van der Waals surface area contributed by atoms with Crippen LogP contribution in [0.4, 0.5) is 4.39 Å². The summed E-state index contributed by atoms with van der Waals surface area (Å²) in [5.41, 5.74) is 0.882. The molecule has 7 nitrogen and oxygen atoms in total. The second kappa shape index (κ2) is 10.9. The fourth-order valence-electron chi connectivity index (χ4n) is 3.75. The van der Waals surface area contributed by atoms with Gasteiger partial charge in [0.2, 0.25) is 0 Å². The molecule has 1 N–H and O–H groups in total. The van der Waals surface area contributed by atoms with Crippen molar-refractivity contribution in [1.82, 2.24) is 4.90 Å². The van der Waals surface area contributed by atoms with Crippen molar-refractivity contribution >= 4 is 16.1 Å². The van der Waals surface area contributed by atoms with Gasteiger partial charge in [0, 0.05) is 30.3 Å². The predicted molar refractivity (Wildman–Crippen MR) is 118 cm³/mol. The lowest BCUT2D eigenvalue weighted by Gasteiger charge is -2.30. The van der Waals surface area contributed by atoms with Crippen LogP contribution in [0.15, 0.2) is 42.5 Å². The number of benzene rings is 2. The second-order valence-corrected chi connectivity index (χ2v) is 10.0. The summed E-state index contributed by atoms with van der Waals surface area (Å²) in [5, 5.41) is 10.6. The molecule has 9 heteroatoms. The van der Waals surface area contributed by atoms with Crippen molar-refractivity contribution in [3.8, 4) is 11.5 Å². The third-order valence-electron chi connectivity index (χ3n) is 5.34. The maximum Gasteiger partial charge on any atom is 0.161 e. The molecule has 0 bridgehead atoms. The van der Waals surface area contributed by atoms with E-state index in [-0.39, 0.29) is 43.1 Å². The van der Waals surface area contributed by atoms with Crippen LogP contribution < -0.4 is 9.47 Å². The maximum absolute atomic E-state index is 14.2. The average molecular weight is 466 g/mol. The minimum atomic E-state index is -3.15. The molecule has 1 aliphatic heterocycles. The first kappa shape index (κ1) is 24.2.